The summed E-state index contributed by atoms with van der Waals surface area (Å²) in [4.78, 5) is 20.2. The first-order valence-electron chi connectivity index (χ1n) is 13.2. The molecule has 1 unspecified atom stereocenters. The Kier molecular flexibility index (Phi) is 8.37. The molecule has 1 atom stereocenters. The molecule has 1 saturated carbocycles. The van der Waals surface area contributed by atoms with Gasteiger partial charge in [-0.15, -0.1) is 13.2 Å². The zero-order valence-corrected chi connectivity index (χ0v) is 23.6. The molecule has 1 aliphatic carbocycles. The summed E-state index contributed by atoms with van der Waals surface area (Å²) in [6, 6.07) is 10.4. The van der Waals surface area contributed by atoms with E-state index in [9.17, 15) is 26.4 Å². The van der Waals surface area contributed by atoms with Crippen LogP contribution >= 0.6 is 11.3 Å². The number of carbonyl (C=O) groups excluding carboxylic acids is 1. The van der Waals surface area contributed by atoms with Crippen molar-refractivity contribution in [3.05, 3.63) is 48.0 Å². The van der Waals surface area contributed by atoms with Crippen molar-refractivity contribution in [2.24, 2.45) is 5.92 Å². The summed E-state index contributed by atoms with van der Waals surface area (Å²) in [5.41, 5.74) is 1.16. The first kappa shape index (κ1) is 28.8. The van der Waals surface area contributed by atoms with Crippen molar-refractivity contribution >= 4 is 42.6 Å². The van der Waals surface area contributed by atoms with Gasteiger partial charge in [0.25, 0.3) is 0 Å². The first-order chi connectivity index (χ1) is 19.0. The van der Waals surface area contributed by atoms with Gasteiger partial charge in [-0.2, -0.15) is 4.31 Å². The topological polar surface area (TPSA) is 91.8 Å². The summed E-state index contributed by atoms with van der Waals surface area (Å²) in [7, 11) is -1.67. The van der Waals surface area contributed by atoms with Crippen LogP contribution in [0.25, 0.3) is 10.2 Å². The summed E-state index contributed by atoms with van der Waals surface area (Å²) in [6.07, 6.45) is 0.0987. The molecule has 8 nitrogen and oxygen atoms in total. The largest absolute Gasteiger partial charge is 0.573 e. The summed E-state index contributed by atoms with van der Waals surface area (Å²) in [5, 5.41) is 3.12. The Balaban J connectivity index is 1.35. The van der Waals surface area contributed by atoms with Crippen LogP contribution in [0, 0.1) is 5.92 Å². The van der Waals surface area contributed by atoms with Crippen molar-refractivity contribution in [2.75, 3.05) is 38.5 Å². The van der Waals surface area contributed by atoms with Gasteiger partial charge in [-0.25, -0.2) is 13.4 Å². The number of thiazole rings is 1. The summed E-state index contributed by atoms with van der Waals surface area (Å²) >= 11 is 1.06. The number of nitrogens with one attached hydrogen (secondary N) is 1. The fourth-order valence-electron chi connectivity index (χ4n) is 5.37. The molecule has 2 aromatic carbocycles. The molecule has 2 fully saturated rings. The minimum absolute atomic E-state index is 0.198. The minimum Gasteiger partial charge on any atom is -0.406 e. The van der Waals surface area contributed by atoms with Crippen LogP contribution in [-0.2, 0) is 14.8 Å². The van der Waals surface area contributed by atoms with E-state index in [1.165, 1.54) is 22.5 Å². The predicted molar refractivity (Wildman–Crippen MR) is 147 cm³/mol. The lowest BCUT2D eigenvalue weighted by molar-refractivity contribution is -0.274. The second kappa shape index (κ2) is 11.6. The molecule has 1 N–H and O–H groups in total. The third-order valence-corrected chi connectivity index (χ3v) is 10.4. The molecule has 1 amide bonds. The first-order valence-corrected chi connectivity index (χ1v) is 15.5. The summed E-state index contributed by atoms with van der Waals surface area (Å²) in [6.45, 7) is 2.20. The highest BCUT2D eigenvalue weighted by atomic mass is 32.2. The van der Waals surface area contributed by atoms with Crippen molar-refractivity contribution in [2.45, 2.75) is 49.3 Å². The Morgan fingerprint density at radius 1 is 1.10 bits per heavy atom. The Bertz CT molecular complexity index is 1450. The van der Waals surface area contributed by atoms with E-state index < -0.39 is 22.3 Å². The number of likely N-dealkylation sites (N-methyl/N-ethyl adjacent to an activating group) is 1. The molecule has 3 aromatic rings. The molecule has 1 aliphatic heterocycles. The van der Waals surface area contributed by atoms with Gasteiger partial charge in [0.1, 0.15) is 5.75 Å². The molecule has 13 heteroatoms. The van der Waals surface area contributed by atoms with E-state index in [0.29, 0.717) is 54.3 Å². The smallest absolute Gasteiger partial charge is 0.406 e. The average molecular weight is 597 g/mol. The molecule has 0 bridgehead atoms. The predicted octanol–water partition coefficient (Wildman–Crippen LogP) is 5.43. The number of carbonyl (C=O) groups is 1. The number of ether oxygens (including phenoxy) is 1. The van der Waals surface area contributed by atoms with Crippen LogP contribution in [0.3, 0.4) is 0 Å². The molecule has 216 valence electrons. The maximum Gasteiger partial charge on any atom is 0.573 e. The Morgan fingerprint density at radius 2 is 1.77 bits per heavy atom. The highest BCUT2D eigenvalue weighted by Gasteiger charge is 2.32. The monoisotopic (exact) mass is 596 g/mol. The second-order valence-corrected chi connectivity index (χ2v) is 13.4. The lowest BCUT2D eigenvalue weighted by Crippen LogP contribution is -2.47. The molecule has 1 aromatic heterocycles. The molecule has 0 radical (unpaired) electrons. The zero-order valence-electron chi connectivity index (χ0n) is 22.0. The van der Waals surface area contributed by atoms with Crippen molar-refractivity contribution in [3.8, 4) is 5.75 Å². The van der Waals surface area contributed by atoms with Crippen LogP contribution in [-0.4, -0.2) is 68.1 Å². The minimum atomic E-state index is -4.80. The normalized spacial score (nSPS) is 18.7. The number of hydrogen-bond donors (Lipinski definition) is 1. The number of fused-ring (bicyclic) bond motifs is 1. The highest BCUT2D eigenvalue weighted by molar-refractivity contribution is 7.89. The van der Waals surface area contributed by atoms with Gasteiger partial charge in [-0.1, -0.05) is 49.2 Å². The number of hydrogen-bond acceptors (Lipinski definition) is 7. The third-order valence-electron chi connectivity index (χ3n) is 7.57. The van der Waals surface area contributed by atoms with E-state index in [-0.39, 0.29) is 21.7 Å². The lowest BCUT2D eigenvalue weighted by atomic mass is 9.87. The van der Waals surface area contributed by atoms with E-state index in [1.54, 1.807) is 24.3 Å². The van der Waals surface area contributed by atoms with Gasteiger partial charge in [0.15, 0.2) is 5.13 Å². The van der Waals surface area contributed by atoms with E-state index in [0.717, 1.165) is 37.0 Å². The number of sulfonamides is 1. The molecule has 5 rings (SSSR count). The Morgan fingerprint density at radius 3 is 2.42 bits per heavy atom. The number of rotatable bonds is 8. The Hall–Kier alpha value is -2.74. The van der Waals surface area contributed by atoms with Crippen LogP contribution in [0.5, 0.6) is 5.75 Å². The number of anilines is 1. The molecule has 40 heavy (non-hydrogen) atoms. The maximum absolute atomic E-state index is 13.5. The molecular weight excluding hydrogens is 565 g/mol. The number of benzene rings is 2. The van der Waals surface area contributed by atoms with Crippen molar-refractivity contribution in [1.29, 1.82) is 0 Å². The van der Waals surface area contributed by atoms with E-state index in [1.807, 2.05) is 7.05 Å². The average Bonchev–Trinajstić information content (AvgIpc) is 3.56. The summed E-state index contributed by atoms with van der Waals surface area (Å²) < 4.78 is 70.1. The Labute approximate surface area is 235 Å². The standard InChI is InChI=1S/C27H31F3N4O4S2/c1-33-12-14-34(15-13-33)40(36,37)21-9-6-19(7-10-21)22(16-18-4-2-3-5-18)25(35)32-26-31-23-11-8-20(17-24(23)39-26)38-27(28,29)30/h6-11,17-18,22H,2-5,12-16H2,1H3,(H,31,32,35). The van der Waals surface area contributed by atoms with Crippen LogP contribution in [0.4, 0.5) is 18.3 Å². The van der Waals surface area contributed by atoms with E-state index in [4.69, 9.17) is 0 Å². The fourth-order valence-corrected chi connectivity index (χ4v) is 7.69. The molecule has 2 heterocycles. The van der Waals surface area contributed by atoms with Crippen LogP contribution in [0.1, 0.15) is 43.6 Å². The van der Waals surface area contributed by atoms with Gasteiger partial charge in [0.2, 0.25) is 15.9 Å². The SMILES string of the molecule is CN1CCN(S(=O)(=O)c2ccc(C(CC3CCCC3)C(=O)Nc3nc4ccc(OC(F)(F)F)cc4s3)cc2)CC1. The number of amides is 1. The quantitative estimate of drug-likeness (QED) is 0.373. The highest BCUT2D eigenvalue weighted by Crippen LogP contribution is 2.37. The number of halogens is 3. The molecule has 0 spiro atoms. The maximum atomic E-state index is 13.5. The van der Waals surface area contributed by atoms with E-state index >= 15 is 0 Å². The van der Waals surface area contributed by atoms with E-state index in [2.05, 4.69) is 19.9 Å². The van der Waals surface area contributed by atoms with Gasteiger partial charge in [-0.05, 0) is 49.2 Å². The fraction of sp³-hybridized carbons (Fsp3) is 0.481. The molecular formula is C27H31F3N4O4S2. The van der Waals surface area contributed by atoms with Gasteiger partial charge in [0, 0.05) is 32.2 Å². The van der Waals surface area contributed by atoms with Crippen LogP contribution < -0.4 is 10.1 Å². The molecule has 2 aliphatic rings. The zero-order chi connectivity index (χ0) is 28.5. The second-order valence-electron chi connectivity index (χ2n) is 10.4. The number of aromatic nitrogens is 1. The van der Waals surface area contributed by atoms with Gasteiger partial charge < -0.3 is 15.0 Å². The molecule has 1 saturated heterocycles. The third kappa shape index (κ3) is 6.76. The van der Waals surface area contributed by atoms with Crippen molar-refractivity contribution in [1.82, 2.24) is 14.2 Å². The van der Waals surface area contributed by atoms with Crippen molar-refractivity contribution < 1.29 is 31.1 Å². The summed E-state index contributed by atoms with van der Waals surface area (Å²) in [5.74, 6) is -0.791. The number of alkyl halides is 3. The lowest BCUT2D eigenvalue weighted by Gasteiger charge is -2.31. The van der Waals surface area contributed by atoms with Crippen molar-refractivity contribution in [3.63, 3.8) is 0 Å². The number of nitrogens with zero attached hydrogens (tertiary/aromatic N) is 3. The van der Waals surface area contributed by atoms with Gasteiger partial charge >= 0.3 is 6.36 Å². The van der Waals surface area contributed by atoms with Gasteiger partial charge in [-0.3, -0.25) is 4.79 Å². The van der Waals surface area contributed by atoms with Gasteiger partial charge in [0.05, 0.1) is 21.0 Å². The van der Waals surface area contributed by atoms with Crippen LogP contribution in [0.2, 0.25) is 0 Å². The number of piperazine rings is 1. The van der Waals surface area contributed by atoms with Crippen LogP contribution in [0.15, 0.2) is 47.4 Å².